The molecule has 0 aliphatic carbocycles. The van der Waals surface area contributed by atoms with Crippen LogP contribution in [-0.2, 0) is 6.61 Å². The van der Waals surface area contributed by atoms with Gasteiger partial charge in [-0.2, -0.15) is 0 Å². The molecule has 1 atom stereocenters. The van der Waals surface area contributed by atoms with Gasteiger partial charge in [-0.15, -0.1) is 0 Å². The molecule has 2 nitrogen and oxygen atoms in total. The SMILES string of the molecule is C[C@H](O)c1ccc(OCc2cc(Br)ccc2F)cc1F. The molecule has 0 saturated heterocycles. The molecule has 0 heterocycles. The lowest BCUT2D eigenvalue weighted by Crippen LogP contribution is -2.01. The molecule has 1 N–H and O–H groups in total. The highest BCUT2D eigenvalue weighted by molar-refractivity contribution is 9.10. The van der Waals surface area contributed by atoms with Gasteiger partial charge in [0.25, 0.3) is 0 Å². The minimum atomic E-state index is -0.883. The lowest BCUT2D eigenvalue weighted by atomic mass is 10.1. The Balaban J connectivity index is 2.11. The van der Waals surface area contributed by atoms with Crippen LogP contribution in [0, 0.1) is 11.6 Å². The predicted octanol–water partition coefficient (Wildman–Crippen LogP) is 4.36. The zero-order valence-corrected chi connectivity index (χ0v) is 12.3. The number of halogens is 3. The lowest BCUT2D eigenvalue weighted by molar-refractivity contribution is 0.194. The van der Waals surface area contributed by atoms with Crippen LogP contribution in [0.5, 0.6) is 5.75 Å². The number of hydrogen-bond acceptors (Lipinski definition) is 2. The van der Waals surface area contributed by atoms with Crippen LogP contribution in [0.1, 0.15) is 24.2 Å². The highest BCUT2D eigenvalue weighted by Crippen LogP contribution is 2.23. The number of rotatable bonds is 4. The van der Waals surface area contributed by atoms with Gasteiger partial charge in [0.1, 0.15) is 24.0 Å². The summed E-state index contributed by atoms with van der Waals surface area (Å²) in [6.07, 6.45) is -0.883. The summed E-state index contributed by atoms with van der Waals surface area (Å²) in [6.45, 7) is 1.48. The van der Waals surface area contributed by atoms with Gasteiger partial charge in [0, 0.05) is 21.7 Å². The number of benzene rings is 2. The van der Waals surface area contributed by atoms with Crippen LogP contribution in [-0.4, -0.2) is 5.11 Å². The first-order chi connectivity index (χ1) is 9.47. The van der Waals surface area contributed by atoms with Gasteiger partial charge >= 0.3 is 0 Å². The van der Waals surface area contributed by atoms with Crippen molar-refractivity contribution in [3.8, 4) is 5.75 Å². The molecule has 5 heteroatoms. The highest BCUT2D eigenvalue weighted by Gasteiger charge is 2.10. The van der Waals surface area contributed by atoms with Crippen molar-refractivity contribution in [2.45, 2.75) is 19.6 Å². The van der Waals surface area contributed by atoms with Crippen molar-refractivity contribution in [1.29, 1.82) is 0 Å². The van der Waals surface area contributed by atoms with Crippen molar-refractivity contribution in [3.63, 3.8) is 0 Å². The van der Waals surface area contributed by atoms with E-state index in [0.717, 1.165) is 4.47 Å². The number of hydrogen-bond donors (Lipinski definition) is 1. The lowest BCUT2D eigenvalue weighted by Gasteiger charge is -2.10. The van der Waals surface area contributed by atoms with Gasteiger partial charge < -0.3 is 9.84 Å². The minimum Gasteiger partial charge on any atom is -0.489 e. The number of aliphatic hydroxyl groups excluding tert-OH is 1. The minimum absolute atomic E-state index is 0.00125. The summed E-state index contributed by atoms with van der Waals surface area (Å²) in [7, 11) is 0. The molecule has 0 radical (unpaired) electrons. The van der Waals surface area contributed by atoms with Crippen molar-refractivity contribution >= 4 is 15.9 Å². The topological polar surface area (TPSA) is 29.5 Å². The van der Waals surface area contributed by atoms with Crippen LogP contribution in [0.25, 0.3) is 0 Å². The molecule has 0 bridgehead atoms. The second-order valence-electron chi connectivity index (χ2n) is 4.38. The standard InChI is InChI=1S/C15H13BrF2O2/c1-9(19)13-4-3-12(7-15(13)18)20-8-10-6-11(16)2-5-14(10)17/h2-7,9,19H,8H2,1H3/t9-/m0/s1. The van der Waals surface area contributed by atoms with Gasteiger partial charge in [0.15, 0.2) is 0 Å². The maximum absolute atomic E-state index is 13.6. The Labute approximate surface area is 124 Å². The van der Waals surface area contributed by atoms with Crippen LogP contribution >= 0.6 is 15.9 Å². The van der Waals surface area contributed by atoms with Crippen LogP contribution in [0.3, 0.4) is 0 Å². The fourth-order valence-electron chi connectivity index (χ4n) is 1.75. The Morgan fingerprint density at radius 1 is 1.15 bits per heavy atom. The highest BCUT2D eigenvalue weighted by atomic mass is 79.9. The summed E-state index contributed by atoms with van der Waals surface area (Å²) in [4.78, 5) is 0. The summed E-state index contributed by atoms with van der Waals surface area (Å²) in [5.74, 6) is -0.646. The molecule has 0 aromatic heterocycles. The van der Waals surface area contributed by atoms with Crippen molar-refractivity contribution in [2.75, 3.05) is 0 Å². The first-order valence-corrected chi connectivity index (χ1v) is 6.81. The molecule has 20 heavy (non-hydrogen) atoms. The van der Waals surface area contributed by atoms with E-state index in [0.29, 0.717) is 5.56 Å². The van der Waals surface area contributed by atoms with Gasteiger partial charge in [-0.1, -0.05) is 15.9 Å². The molecular formula is C15H13BrF2O2. The molecule has 0 spiro atoms. The third-order valence-corrected chi connectivity index (χ3v) is 3.32. The van der Waals surface area contributed by atoms with E-state index in [1.165, 1.54) is 25.1 Å². The van der Waals surface area contributed by atoms with Gasteiger partial charge in [-0.25, -0.2) is 8.78 Å². The fourth-order valence-corrected chi connectivity index (χ4v) is 2.16. The van der Waals surface area contributed by atoms with Crippen LogP contribution < -0.4 is 4.74 Å². The van der Waals surface area contributed by atoms with Crippen molar-refractivity contribution < 1.29 is 18.6 Å². The first kappa shape index (κ1) is 14.9. The van der Waals surface area contributed by atoms with Gasteiger partial charge in [0.2, 0.25) is 0 Å². The quantitative estimate of drug-likeness (QED) is 0.894. The smallest absolute Gasteiger partial charge is 0.132 e. The maximum atomic E-state index is 13.6. The summed E-state index contributed by atoms with van der Waals surface area (Å²) >= 11 is 3.25. The average molecular weight is 343 g/mol. The Morgan fingerprint density at radius 2 is 1.90 bits per heavy atom. The van der Waals surface area contributed by atoms with E-state index in [-0.39, 0.29) is 23.7 Å². The van der Waals surface area contributed by atoms with E-state index < -0.39 is 11.9 Å². The zero-order chi connectivity index (χ0) is 14.7. The summed E-state index contributed by atoms with van der Waals surface area (Å²) < 4.78 is 33.3. The van der Waals surface area contributed by atoms with Crippen LogP contribution in [0.2, 0.25) is 0 Å². The third-order valence-electron chi connectivity index (χ3n) is 2.82. The fraction of sp³-hybridized carbons (Fsp3) is 0.200. The molecule has 0 fully saturated rings. The number of ether oxygens (including phenoxy) is 1. The Hall–Kier alpha value is -1.46. The second kappa shape index (κ2) is 6.33. The van der Waals surface area contributed by atoms with Gasteiger partial charge in [0.05, 0.1) is 6.10 Å². The van der Waals surface area contributed by atoms with Crippen LogP contribution in [0.4, 0.5) is 8.78 Å². The molecule has 2 aromatic rings. The molecular weight excluding hydrogens is 330 g/mol. The predicted molar refractivity (Wildman–Crippen MR) is 75.5 cm³/mol. The molecule has 2 aromatic carbocycles. The molecule has 0 unspecified atom stereocenters. The summed E-state index contributed by atoms with van der Waals surface area (Å²) in [6, 6.07) is 8.71. The van der Waals surface area contributed by atoms with Crippen molar-refractivity contribution in [1.82, 2.24) is 0 Å². The molecule has 0 aliphatic rings. The third kappa shape index (κ3) is 3.55. The van der Waals surface area contributed by atoms with Crippen molar-refractivity contribution in [2.24, 2.45) is 0 Å². The Bertz CT molecular complexity index is 615. The first-order valence-electron chi connectivity index (χ1n) is 6.01. The zero-order valence-electron chi connectivity index (χ0n) is 10.7. The normalized spacial score (nSPS) is 12.2. The van der Waals surface area contributed by atoms with E-state index in [9.17, 15) is 13.9 Å². The van der Waals surface area contributed by atoms with Gasteiger partial charge in [-0.05, 0) is 37.3 Å². The number of aliphatic hydroxyl groups is 1. The summed E-state index contributed by atoms with van der Waals surface area (Å²) in [5.41, 5.74) is 0.574. The van der Waals surface area contributed by atoms with E-state index in [1.54, 1.807) is 18.2 Å². The van der Waals surface area contributed by atoms with E-state index >= 15 is 0 Å². The van der Waals surface area contributed by atoms with E-state index in [4.69, 9.17) is 4.74 Å². The van der Waals surface area contributed by atoms with E-state index in [2.05, 4.69) is 15.9 Å². The molecule has 106 valence electrons. The second-order valence-corrected chi connectivity index (χ2v) is 5.30. The molecule has 0 aliphatic heterocycles. The van der Waals surface area contributed by atoms with Crippen LogP contribution in [0.15, 0.2) is 40.9 Å². The molecule has 0 amide bonds. The summed E-state index contributed by atoms with van der Waals surface area (Å²) in [5, 5.41) is 9.33. The Kier molecular flexibility index (Phi) is 4.73. The van der Waals surface area contributed by atoms with Crippen molar-refractivity contribution in [3.05, 3.63) is 63.6 Å². The maximum Gasteiger partial charge on any atom is 0.132 e. The average Bonchev–Trinajstić information content (AvgIpc) is 2.39. The molecule has 2 rings (SSSR count). The molecule has 0 saturated carbocycles. The largest absolute Gasteiger partial charge is 0.489 e. The van der Waals surface area contributed by atoms with E-state index in [1.807, 2.05) is 0 Å². The van der Waals surface area contributed by atoms with Gasteiger partial charge in [-0.3, -0.25) is 0 Å². The Morgan fingerprint density at radius 3 is 2.55 bits per heavy atom. The monoisotopic (exact) mass is 342 g/mol.